The number of hydrogen-bond donors (Lipinski definition) is 1. The molecule has 1 aromatic rings. The lowest BCUT2D eigenvalue weighted by Gasteiger charge is -2.29. The fraction of sp³-hybridized carbons (Fsp3) is 0.417. The van der Waals surface area contributed by atoms with Crippen molar-refractivity contribution >= 4 is 27.6 Å². The first kappa shape index (κ1) is 15.2. The van der Waals surface area contributed by atoms with Crippen LogP contribution in [0.1, 0.15) is 12.8 Å². The molecule has 0 bridgehead atoms. The van der Waals surface area contributed by atoms with Crippen LogP contribution in [0.4, 0.5) is 4.39 Å². The van der Waals surface area contributed by atoms with Crippen molar-refractivity contribution in [3.05, 3.63) is 29.0 Å². The number of sulfonamides is 1. The Hall–Kier alpha value is -1.18. The van der Waals surface area contributed by atoms with Gasteiger partial charge in [-0.05, 0) is 31.0 Å². The van der Waals surface area contributed by atoms with Crippen molar-refractivity contribution in [1.82, 2.24) is 4.31 Å². The fourth-order valence-electron chi connectivity index (χ4n) is 2.15. The largest absolute Gasteiger partial charge is 0.481 e. The molecule has 1 atom stereocenters. The normalized spacial score (nSPS) is 20.8. The Morgan fingerprint density at radius 3 is 2.75 bits per heavy atom. The molecule has 0 aliphatic carbocycles. The van der Waals surface area contributed by atoms with Crippen molar-refractivity contribution < 1.29 is 22.7 Å². The van der Waals surface area contributed by atoms with E-state index in [0.29, 0.717) is 12.8 Å². The molecule has 8 heteroatoms. The first-order valence-corrected chi connectivity index (χ1v) is 7.82. The van der Waals surface area contributed by atoms with Gasteiger partial charge < -0.3 is 5.11 Å². The zero-order valence-electron chi connectivity index (χ0n) is 10.4. The molecular formula is C12H13ClFNO4S. The molecule has 110 valence electrons. The zero-order chi connectivity index (χ0) is 14.9. The Balaban J connectivity index is 2.29. The van der Waals surface area contributed by atoms with Crippen LogP contribution < -0.4 is 0 Å². The van der Waals surface area contributed by atoms with Gasteiger partial charge in [0.2, 0.25) is 10.0 Å². The van der Waals surface area contributed by atoms with E-state index in [0.717, 1.165) is 22.5 Å². The van der Waals surface area contributed by atoms with Gasteiger partial charge in [-0.2, -0.15) is 4.31 Å². The molecule has 0 radical (unpaired) electrons. The molecule has 1 aliphatic rings. The van der Waals surface area contributed by atoms with Crippen LogP contribution in [0.25, 0.3) is 0 Å². The van der Waals surface area contributed by atoms with Gasteiger partial charge in [0, 0.05) is 13.1 Å². The third-order valence-corrected chi connectivity index (χ3v) is 5.41. The second-order valence-electron chi connectivity index (χ2n) is 4.62. The quantitative estimate of drug-likeness (QED) is 0.923. The minimum atomic E-state index is -3.85. The second-order valence-corrected chi connectivity index (χ2v) is 6.96. The molecule has 1 aliphatic heterocycles. The summed E-state index contributed by atoms with van der Waals surface area (Å²) in [5.41, 5.74) is 0. The van der Waals surface area contributed by atoms with E-state index in [1.54, 1.807) is 0 Å². The predicted molar refractivity (Wildman–Crippen MR) is 70.5 cm³/mol. The van der Waals surface area contributed by atoms with Crippen molar-refractivity contribution in [2.75, 3.05) is 13.1 Å². The Morgan fingerprint density at radius 2 is 2.15 bits per heavy atom. The van der Waals surface area contributed by atoms with Gasteiger partial charge in [0.05, 0.1) is 15.8 Å². The van der Waals surface area contributed by atoms with Gasteiger partial charge in [0.1, 0.15) is 5.82 Å². The maximum atomic E-state index is 13.1. The van der Waals surface area contributed by atoms with Crippen molar-refractivity contribution in [2.45, 2.75) is 17.7 Å². The van der Waals surface area contributed by atoms with E-state index >= 15 is 0 Å². The van der Waals surface area contributed by atoms with Crippen LogP contribution in [-0.2, 0) is 14.8 Å². The van der Waals surface area contributed by atoms with E-state index in [9.17, 15) is 17.6 Å². The van der Waals surface area contributed by atoms with E-state index in [1.165, 1.54) is 0 Å². The van der Waals surface area contributed by atoms with Gasteiger partial charge in [-0.1, -0.05) is 11.6 Å². The average molecular weight is 322 g/mol. The zero-order valence-corrected chi connectivity index (χ0v) is 12.0. The van der Waals surface area contributed by atoms with Gasteiger partial charge in [-0.3, -0.25) is 4.79 Å². The van der Waals surface area contributed by atoms with Crippen LogP contribution >= 0.6 is 11.6 Å². The Bertz CT molecular complexity index is 634. The average Bonchev–Trinajstić information content (AvgIpc) is 2.42. The molecule has 0 aromatic heterocycles. The minimum absolute atomic E-state index is 0.0767. The van der Waals surface area contributed by atoms with Crippen LogP contribution in [0.3, 0.4) is 0 Å². The molecule has 1 saturated heterocycles. The number of rotatable bonds is 3. The van der Waals surface area contributed by atoms with E-state index < -0.39 is 27.7 Å². The van der Waals surface area contributed by atoms with Crippen LogP contribution in [0.2, 0.25) is 5.02 Å². The number of carboxylic acid groups (broad SMARTS) is 1. The predicted octanol–water partition coefficient (Wildman–Crippen LogP) is 1.96. The number of aliphatic carboxylic acids is 1. The number of hydrogen-bond acceptors (Lipinski definition) is 3. The smallest absolute Gasteiger partial charge is 0.307 e. The maximum absolute atomic E-state index is 13.1. The highest BCUT2D eigenvalue weighted by atomic mass is 35.5. The summed E-state index contributed by atoms with van der Waals surface area (Å²) in [6.07, 6.45) is 0.927. The lowest BCUT2D eigenvalue weighted by molar-refractivity contribution is -0.142. The van der Waals surface area contributed by atoms with Crippen LogP contribution in [-0.4, -0.2) is 36.9 Å². The Labute approximate surface area is 121 Å². The van der Waals surface area contributed by atoms with Gasteiger partial charge >= 0.3 is 5.97 Å². The van der Waals surface area contributed by atoms with Crippen LogP contribution in [0.5, 0.6) is 0 Å². The standard InChI is InChI=1S/C12H13ClFNO4S/c13-10-6-9(3-4-11(10)14)20(18,19)15-5-1-2-8(7-15)12(16)17/h3-4,6,8H,1-2,5,7H2,(H,16,17)/t8-/m0/s1. The van der Waals surface area contributed by atoms with Crippen molar-refractivity contribution in [2.24, 2.45) is 5.92 Å². The Kier molecular flexibility index (Phi) is 4.31. The summed E-state index contributed by atoms with van der Waals surface area (Å²) < 4.78 is 38.9. The van der Waals surface area contributed by atoms with Gasteiger partial charge in [0.15, 0.2) is 0 Å². The van der Waals surface area contributed by atoms with E-state index in [-0.39, 0.29) is 23.0 Å². The highest BCUT2D eigenvalue weighted by Crippen LogP contribution is 2.26. The molecule has 1 fully saturated rings. The summed E-state index contributed by atoms with van der Waals surface area (Å²) in [6.45, 7) is 0.174. The topological polar surface area (TPSA) is 74.7 Å². The highest BCUT2D eigenvalue weighted by Gasteiger charge is 2.33. The van der Waals surface area contributed by atoms with Gasteiger partial charge in [-0.25, -0.2) is 12.8 Å². The minimum Gasteiger partial charge on any atom is -0.481 e. The molecule has 1 heterocycles. The summed E-state index contributed by atoms with van der Waals surface area (Å²) in [6, 6.07) is 3.14. The molecule has 5 nitrogen and oxygen atoms in total. The van der Waals surface area contributed by atoms with Crippen LogP contribution in [0.15, 0.2) is 23.1 Å². The maximum Gasteiger partial charge on any atom is 0.307 e. The van der Waals surface area contributed by atoms with Crippen molar-refractivity contribution in [3.8, 4) is 0 Å². The van der Waals surface area contributed by atoms with E-state index in [4.69, 9.17) is 16.7 Å². The molecule has 1 N–H and O–H groups in total. The van der Waals surface area contributed by atoms with E-state index in [1.807, 2.05) is 0 Å². The molecule has 0 amide bonds. The number of piperidine rings is 1. The van der Waals surface area contributed by atoms with Crippen molar-refractivity contribution in [1.29, 1.82) is 0 Å². The lowest BCUT2D eigenvalue weighted by atomic mass is 10.0. The molecule has 1 aromatic carbocycles. The number of halogens is 2. The summed E-state index contributed by atoms with van der Waals surface area (Å²) in [7, 11) is -3.85. The number of carbonyl (C=O) groups is 1. The van der Waals surface area contributed by atoms with Crippen molar-refractivity contribution in [3.63, 3.8) is 0 Å². The molecule has 0 saturated carbocycles. The van der Waals surface area contributed by atoms with Gasteiger partial charge in [-0.15, -0.1) is 0 Å². The van der Waals surface area contributed by atoms with Gasteiger partial charge in [0.25, 0.3) is 0 Å². The first-order chi connectivity index (χ1) is 9.32. The first-order valence-electron chi connectivity index (χ1n) is 6.00. The summed E-state index contributed by atoms with van der Waals surface area (Å²) in [5, 5.41) is 8.70. The second kappa shape index (κ2) is 5.67. The number of benzene rings is 1. The third kappa shape index (κ3) is 2.94. The number of carboxylic acids is 1. The molecule has 20 heavy (non-hydrogen) atoms. The molecular weight excluding hydrogens is 309 g/mol. The summed E-state index contributed by atoms with van der Waals surface area (Å²) >= 11 is 5.59. The Morgan fingerprint density at radius 1 is 1.45 bits per heavy atom. The third-order valence-electron chi connectivity index (χ3n) is 3.26. The SMILES string of the molecule is O=C(O)[C@H]1CCCN(S(=O)(=O)c2ccc(F)c(Cl)c2)C1. The fourth-order valence-corrected chi connectivity index (χ4v) is 3.94. The summed E-state index contributed by atoms with van der Waals surface area (Å²) in [5.74, 6) is -2.43. The highest BCUT2D eigenvalue weighted by molar-refractivity contribution is 7.89. The van der Waals surface area contributed by atoms with Crippen LogP contribution in [0, 0.1) is 11.7 Å². The summed E-state index contributed by atoms with van der Waals surface area (Å²) in [4.78, 5) is 10.8. The van der Waals surface area contributed by atoms with E-state index in [2.05, 4.69) is 0 Å². The monoisotopic (exact) mass is 321 g/mol. The molecule has 0 unspecified atom stereocenters. The lowest BCUT2D eigenvalue weighted by Crippen LogP contribution is -2.42. The number of nitrogens with zero attached hydrogens (tertiary/aromatic N) is 1. The molecule has 2 rings (SSSR count). The molecule has 0 spiro atoms.